The summed E-state index contributed by atoms with van der Waals surface area (Å²) in [7, 11) is 0. The van der Waals surface area contributed by atoms with Gasteiger partial charge in [0.2, 0.25) is 11.8 Å². The first kappa shape index (κ1) is 15.1. The van der Waals surface area contributed by atoms with Crippen LogP contribution < -0.4 is 10.6 Å². The molecule has 1 aromatic carbocycles. The first-order valence-electron chi connectivity index (χ1n) is 7.42. The Labute approximate surface area is 132 Å². The van der Waals surface area contributed by atoms with Crippen LogP contribution in [0.5, 0.6) is 0 Å². The number of aromatic amines is 1. The third-order valence-electron chi connectivity index (χ3n) is 4.03. The standard InChI is InChI=1S/C16H17N3O4/c20-14-6-5-12(18-14)15(21)19-13(16(22)23)7-9-8-17-11-4-2-1-3-10(9)11/h1-4,8,12-13,17H,5-7H2,(H,18,20)(H,19,21)(H,22,23)/t12-,13?/m1/s1. The number of H-pyrrole nitrogens is 1. The van der Waals surface area contributed by atoms with Crippen molar-refractivity contribution in [2.24, 2.45) is 0 Å². The molecule has 7 heteroatoms. The Bertz CT molecular complexity index is 768. The van der Waals surface area contributed by atoms with Crippen molar-refractivity contribution in [3.8, 4) is 0 Å². The molecule has 7 nitrogen and oxygen atoms in total. The molecule has 2 heterocycles. The van der Waals surface area contributed by atoms with Gasteiger partial charge in [0.1, 0.15) is 12.1 Å². The van der Waals surface area contributed by atoms with Crippen LogP contribution in [-0.4, -0.2) is 40.0 Å². The Morgan fingerprint density at radius 2 is 2.13 bits per heavy atom. The number of para-hydroxylation sites is 1. The first-order chi connectivity index (χ1) is 11.0. The lowest BCUT2D eigenvalue weighted by molar-refractivity contribution is -0.142. The monoisotopic (exact) mass is 315 g/mol. The zero-order valence-corrected chi connectivity index (χ0v) is 12.3. The molecule has 4 N–H and O–H groups in total. The van der Waals surface area contributed by atoms with Crippen molar-refractivity contribution in [1.29, 1.82) is 0 Å². The van der Waals surface area contributed by atoms with E-state index >= 15 is 0 Å². The summed E-state index contributed by atoms with van der Waals surface area (Å²) in [5, 5.41) is 15.4. The number of benzene rings is 1. The highest BCUT2D eigenvalue weighted by Crippen LogP contribution is 2.19. The third kappa shape index (κ3) is 3.18. The molecule has 120 valence electrons. The molecule has 23 heavy (non-hydrogen) atoms. The van der Waals surface area contributed by atoms with Crippen LogP contribution in [0.2, 0.25) is 0 Å². The van der Waals surface area contributed by atoms with Crippen molar-refractivity contribution >= 4 is 28.7 Å². The Hall–Kier alpha value is -2.83. The minimum atomic E-state index is -1.10. The number of carbonyl (C=O) groups excluding carboxylic acids is 2. The fraction of sp³-hybridized carbons (Fsp3) is 0.312. The minimum Gasteiger partial charge on any atom is -0.480 e. The predicted octanol–water partition coefficient (Wildman–Crippen LogP) is 0.558. The summed E-state index contributed by atoms with van der Waals surface area (Å²) in [5.74, 6) is -1.75. The molecule has 2 atom stereocenters. The largest absolute Gasteiger partial charge is 0.480 e. The van der Waals surface area contributed by atoms with Gasteiger partial charge in [-0.1, -0.05) is 18.2 Å². The van der Waals surface area contributed by atoms with Crippen LogP contribution in [0.25, 0.3) is 10.9 Å². The van der Waals surface area contributed by atoms with E-state index in [1.54, 1.807) is 6.20 Å². The van der Waals surface area contributed by atoms with Gasteiger partial charge >= 0.3 is 5.97 Å². The number of hydrogen-bond donors (Lipinski definition) is 4. The number of rotatable bonds is 5. The molecule has 1 aliphatic rings. The van der Waals surface area contributed by atoms with Crippen molar-refractivity contribution < 1.29 is 19.5 Å². The molecule has 2 amide bonds. The van der Waals surface area contributed by atoms with Crippen LogP contribution in [0.4, 0.5) is 0 Å². The topological polar surface area (TPSA) is 111 Å². The van der Waals surface area contributed by atoms with E-state index in [0.29, 0.717) is 6.42 Å². The number of fused-ring (bicyclic) bond motifs is 1. The number of nitrogens with one attached hydrogen (secondary N) is 3. The summed E-state index contributed by atoms with van der Waals surface area (Å²) < 4.78 is 0. The number of amides is 2. The van der Waals surface area contributed by atoms with Crippen LogP contribution in [0.15, 0.2) is 30.5 Å². The van der Waals surface area contributed by atoms with Crippen molar-refractivity contribution in [2.75, 3.05) is 0 Å². The van der Waals surface area contributed by atoms with E-state index in [1.807, 2.05) is 24.3 Å². The summed E-state index contributed by atoms with van der Waals surface area (Å²) >= 11 is 0. The molecule has 0 aliphatic carbocycles. The molecular formula is C16H17N3O4. The lowest BCUT2D eigenvalue weighted by Gasteiger charge is -2.17. The maximum atomic E-state index is 12.1. The molecule has 0 bridgehead atoms. The molecule has 1 aromatic heterocycles. The van der Waals surface area contributed by atoms with Gasteiger partial charge in [-0.3, -0.25) is 9.59 Å². The van der Waals surface area contributed by atoms with Gasteiger partial charge in [-0.2, -0.15) is 0 Å². The van der Waals surface area contributed by atoms with E-state index in [4.69, 9.17) is 0 Å². The van der Waals surface area contributed by atoms with Crippen LogP contribution in [0.1, 0.15) is 18.4 Å². The first-order valence-corrected chi connectivity index (χ1v) is 7.42. The van der Waals surface area contributed by atoms with Gasteiger partial charge in [0.05, 0.1) is 0 Å². The fourth-order valence-corrected chi connectivity index (χ4v) is 2.80. The number of aromatic nitrogens is 1. The molecule has 1 saturated heterocycles. The fourth-order valence-electron chi connectivity index (χ4n) is 2.80. The lowest BCUT2D eigenvalue weighted by Crippen LogP contribution is -2.49. The summed E-state index contributed by atoms with van der Waals surface area (Å²) in [5.41, 5.74) is 1.74. The Morgan fingerprint density at radius 1 is 1.35 bits per heavy atom. The number of carboxylic acids is 1. The Morgan fingerprint density at radius 3 is 2.83 bits per heavy atom. The SMILES string of the molecule is O=C1CC[C@H](C(=O)NC(Cc2c[nH]c3ccccc23)C(=O)O)N1. The highest BCUT2D eigenvalue weighted by atomic mass is 16.4. The molecule has 2 aromatic rings. The summed E-state index contributed by atoms with van der Waals surface area (Å²) in [6, 6.07) is 5.89. The average Bonchev–Trinajstić information content (AvgIpc) is 3.13. The minimum absolute atomic E-state index is 0.172. The van der Waals surface area contributed by atoms with E-state index in [2.05, 4.69) is 15.6 Å². The van der Waals surface area contributed by atoms with Gasteiger partial charge in [-0.15, -0.1) is 0 Å². The van der Waals surface area contributed by atoms with Crippen molar-refractivity contribution in [3.63, 3.8) is 0 Å². The van der Waals surface area contributed by atoms with Crippen LogP contribution >= 0.6 is 0 Å². The van der Waals surface area contributed by atoms with Crippen molar-refractivity contribution in [1.82, 2.24) is 15.6 Å². The second-order valence-corrected chi connectivity index (χ2v) is 5.62. The average molecular weight is 315 g/mol. The van der Waals surface area contributed by atoms with Gasteiger partial charge < -0.3 is 20.7 Å². The van der Waals surface area contributed by atoms with Crippen LogP contribution in [0.3, 0.4) is 0 Å². The normalized spacial score (nSPS) is 18.6. The van der Waals surface area contributed by atoms with E-state index in [0.717, 1.165) is 16.5 Å². The molecule has 1 unspecified atom stereocenters. The summed E-state index contributed by atoms with van der Waals surface area (Å²) in [4.78, 5) is 37.8. The smallest absolute Gasteiger partial charge is 0.326 e. The predicted molar refractivity (Wildman–Crippen MR) is 82.7 cm³/mol. The van der Waals surface area contributed by atoms with Gasteiger partial charge in [0.15, 0.2) is 0 Å². The summed E-state index contributed by atoms with van der Waals surface area (Å²) in [6.45, 7) is 0. The van der Waals surface area contributed by atoms with Crippen LogP contribution in [-0.2, 0) is 20.8 Å². The highest BCUT2D eigenvalue weighted by molar-refractivity contribution is 5.93. The maximum Gasteiger partial charge on any atom is 0.326 e. The molecular weight excluding hydrogens is 298 g/mol. The van der Waals surface area contributed by atoms with Crippen molar-refractivity contribution in [2.45, 2.75) is 31.3 Å². The molecule has 3 rings (SSSR count). The molecule has 1 fully saturated rings. The number of hydrogen-bond acceptors (Lipinski definition) is 3. The quantitative estimate of drug-likeness (QED) is 0.646. The molecule has 0 saturated carbocycles. The van der Waals surface area contributed by atoms with E-state index in [-0.39, 0.29) is 18.7 Å². The molecule has 0 spiro atoms. The van der Waals surface area contributed by atoms with Gasteiger partial charge in [0.25, 0.3) is 0 Å². The molecule has 0 radical (unpaired) electrons. The van der Waals surface area contributed by atoms with Crippen LogP contribution in [0, 0.1) is 0 Å². The van der Waals surface area contributed by atoms with Gasteiger partial charge in [-0.25, -0.2) is 4.79 Å². The zero-order valence-electron chi connectivity index (χ0n) is 12.3. The van der Waals surface area contributed by atoms with E-state index in [9.17, 15) is 19.5 Å². The number of aliphatic carboxylic acids is 1. The lowest BCUT2D eigenvalue weighted by atomic mass is 10.0. The Balaban J connectivity index is 1.73. The summed E-state index contributed by atoms with van der Waals surface area (Å²) in [6.07, 6.45) is 2.61. The van der Waals surface area contributed by atoms with Gasteiger partial charge in [-0.05, 0) is 18.1 Å². The second kappa shape index (κ2) is 6.12. The Kier molecular flexibility index (Phi) is 4.01. The highest BCUT2D eigenvalue weighted by Gasteiger charge is 2.30. The van der Waals surface area contributed by atoms with E-state index in [1.165, 1.54) is 0 Å². The number of carbonyl (C=O) groups is 3. The third-order valence-corrected chi connectivity index (χ3v) is 4.03. The number of carboxylic acid groups (broad SMARTS) is 1. The molecule has 1 aliphatic heterocycles. The van der Waals surface area contributed by atoms with Crippen molar-refractivity contribution in [3.05, 3.63) is 36.0 Å². The van der Waals surface area contributed by atoms with Gasteiger partial charge in [0, 0.05) is 29.9 Å². The van der Waals surface area contributed by atoms with E-state index < -0.39 is 24.0 Å². The second-order valence-electron chi connectivity index (χ2n) is 5.62. The maximum absolute atomic E-state index is 12.1. The zero-order chi connectivity index (χ0) is 16.4.